The molecule has 1 unspecified atom stereocenters. The summed E-state index contributed by atoms with van der Waals surface area (Å²) < 4.78 is 10.6. The molecule has 0 spiro atoms. The lowest BCUT2D eigenvalue weighted by molar-refractivity contribution is 0.693. The van der Waals surface area contributed by atoms with Gasteiger partial charge in [0.1, 0.15) is 0 Å². The van der Waals surface area contributed by atoms with Crippen molar-refractivity contribution in [3.8, 4) is 24.7 Å². The molecule has 48 valence electrons. The second-order valence-corrected chi connectivity index (χ2v) is 4.36. The van der Waals surface area contributed by atoms with E-state index in [1.807, 2.05) is 0 Å². The topological polar surface area (TPSA) is 17.1 Å². The van der Waals surface area contributed by atoms with E-state index < -0.39 is 9.83 Å². The van der Waals surface area contributed by atoms with Gasteiger partial charge in [-0.3, -0.25) is 0 Å². The fourth-order valence-electron chi connectivity index (χ4n) is 0.209. The molecule has 0 bridgehead atoms. The summed E-state index contributed by atoms with van der Waals surface area (Å²) in [5.41, 5.74) is 0. The lowest BCUT2D eigenvalue weighted by Gasteiger charge is -1.88. The van der Waals surface area contributed by atoms with E-state index in [1.54, 1.807) is 0 Å². The predicted molar refractivity (Wildman–Crippen MR) is 43.1 cm³/mol. The average molecular weight is 158 g/mol. The third-order valence-corrected chi connectivity index (χ3v) is 2.92. The van der Waals surface area contributed by atoms with Crippen LogP contribution >= 0.6 is 10.8 Å². The number of hydrogen-bond donors (Lipinski definition) is 0. The third kappa shape index (κ3) is 5.49. The standard InChI is InChI=1S/C6H6OS2/c1-3-5-8-9(7)6-4-2/h1-2H,5-6H2. The highest BCUT2D eigenvalue weighted by atomic mass is 33.1. The quantitative estimate of drug-likeness (QED) is 0.443. The van der Waals surface area contributed by atoms with E-state index in [4.69, 9.17) is 12.8 Å². The first-order valence-electron chi connectivity index (χ1n) is 2.20. The molecular weight excluding hydrogens is 152 g/mol. The van der Waals surface area contributed by atoms with Crippen molar-refractivity contribution in [2.24, 2.45) is 0 Å². The van der Waals surface area contributed by atoms with Crippen molar-refractivity contribution in [3.05, 3.63) is 0 Å². The highest BCUT2D eigenvalue weighted by molar-refractivity contribution is 8.69. The Kier molecular flexibility index (Phi) is 5.51. The van der Waals surface area contributed by atoms with Crippen LogP contribution in [0.4, 0.5) is 0 Å². The Hall–Kier alpha value is -0.380. The molecule has 0 saturated heterocycles. The van der Waals surface area contributed by atoms with E-state index in [0.717, 1.165) is 0 Å². The van der Waals surface area contributed by atoms with Crippen molar-refractivity contribution in [1.29, 1.82) is 0 Å². The number of hydrogen-bond acceptors (Lipinski definition) is 2. The lowest BCUT2D eigenvalue weighted by Crippen LogP contribution is -1.87. The van der Waals surface area contributed by atoms with Crippen LogP contribution in [-0.2, 0) is 9.83 Å². The summed E-state index contributed by atoms with van der Waals surface area (Å²) in [6.45, 7) is 0. The summed E-state index contributed by atoms with van der Waals surface area (Å²) in [5.74, 6) is 5.40. The van der Waals surface area contributed by atoms with Crippen molar-refractivity contribution in [2.75, 3.05) is 11.5 Å². The predicted octanol–water partition coefficient (Wildman–Crippen LogP) is 0.650. The molecule has 9 heavy (non-hydrogen) atoms. The van der Waals surface area contributed by atoms with E-state index in [0.29, 0.717) is 5.75 Å². The van der Waals surface area contributed by atoms with Crippen molar-refractivity contribution in [3.63, 3.8) is 0 Å². The lowest BCUT2D eigenvalue weighted by atomic mass is 10.8. The Balaban J connectivity index is 3.33. The van der Waals surface area contributed by atoms with Gasteiger partial charge in [0.25, 0.3) is 0 Å². The first-order valence-corrected chi connectivity index (χ1v) is 5.02. The molecule has 0 aliphatic rings. The van der Waals surface area contributed by atoms with Gasteiger partial charge in [-0.15, -0.1) is 12.8 Å². The van der Waals surface area contributed by atoms with Gasteiger partial charge in [-0.25, -0.2) is 4.21 Å². The van der Waals surface area contributed by atoms with Crippen LogP contribution in [-0.4, -0.2) is 15.7 Å². The van der Waals surface area contributed by atoms with Crippen molar-refractivity contribution < 1.29 is 4.21 Å². The summed E-state index contributed by atoms with van der Waals surface area (Å²) >= 11 is 0. The second-order valence-electron chi connectivity index (χ2n) is 1.12. The number of terminal acetylenes is 2. The monoisotopic (exact) mass is 158 g/mol. The van der Waals surface area contributed by atoms with E-state index in [1.165, 1.54) is 10.8 Å². The molecule has 0 N–H and O–H groups in total. The maximum atomic E-state index is 10.6. The molecule has 0 aromatic carbocycles. The molecular formula is C6H6OS2. The zero-order chi connectivity index (χ0) is 7.11. The Bertz CT molecular complexity index is 172. The molecule has 0 aliphatic carbocycles. The summed E-state index contributed by atoms with van der Waals surface area (Å²) in [4.78, 5) is 0. The largest absolute Gasteiger partial charge is 0.247 e. The van der Waals surface area contributed by atoms with Gasteiger partial charge in [-0.1, -0.05) is 11.8 Å². The summed E-state index contributed by atoms with van der Waals surface area (Å²) in [5, 5.41) is 0. The van der Waals surface area contributed by atoms with Crippen LogP contribution in [0.2, 0.25) is 0 Å². The fourth-order valence-corrected chi connectivity index (χ4v) is 1.68. The smallest absolute Gasteiger partial charge is 0.0947 e. The van der Waals surface area contributed by atoms with Gasteiger partial charge < -0.3 is 0 Å². The minimum Gasteiger partial charge on any atom is -0.247 e. The number of rotatable bonds is 3. The van der Waals surface area contributed by atoms with Crippen LogP contribution in [0, 0.1) is 24.7 Å². The zero-order valence-corrected chi connectivity index (χ0v) is 6.43. The Morgan fingerprint density at radius 2 is 2.11 bits per heavy atom. The third-order valence-electron chi connectivity index (χ3n) is 0.475. The van der Waals surface area contributed by atoms with E-state index in [-0.39, 0.29) is 5.75 Å². The molecule has 1 atom stereocenters. The van der Waals surface area contributed by atoms with Crippen molar-refractivity contribution >= 4 is 20.6 Å². The molecule has 0 aromatic rings. The highest BCUT2D eigenvalue weighted by Crippen LogP contribution is 2.04. The molecule has 0 fully saturated rings. The molecule has 0 radical (unpaired) electrons. The maximum Gasteiger partial charge on any atom is 0.0947 e. The van der Waals surface area contributed by atoms with Crippen LogP contribution in [0.15, 0.2) is 0 Å². The molecule has 0 aromatic heterocycles. The Labute approximate surface area is 61.5 Å². The van der Waals surface area contributed by atoms with Crippen molar-refractivity contribution in [2.45, 2.75) is 0 Å². The molecule has 3 heteroatoms. The van der Waals surface area contributed by atoms with E-state index in [2.05, 4.69) is 11.8 Å². The van der Waals surface area contributed by atoms with Crippen LogP contribution in [0.3, 0.4) is 0 Å². The van der Waals surface area contributed by atoms with Crippen LogP contribution in [0.5, 0.6) is 0 Å². The average Bonchev–Trinajstić information content (AvgIpc) is 1.85. The van der Waals surface area contributed by atoms with Crippen molar-refractivity contribution in [1.82, 2.24) is 0 Å². The Morgan fingerprint density at radius 3 is 2.56 bits per heavy atom. The van der Waals surface area contributed by atoms with Gasteiger partial charge in [0.2, 0.25) is 0 Å². The van der Waals surface area contributed by atoms with Gasteiger partial charge in [0.05, 0.1) is 21.3 Å². The minimum atomic E-state index is -0.982. The normalized spacial score (nSPS) is 11.3. The van der Waals surface area contributed by atoms with Gasteiger partial charge >= 0.3 is 0 Å². The molecule has 1 nitrogen and oxygen atoms in total. The molecule has 0 saturated carbocycles. The second kappa shape index (κ2) is 5.75. The minimum absolute atomic E-state index is 0.284. The molecule has 0 amide bonds. The van der Waals surface area contributed by atoms with Crippen LogP contribution in [0.25, 0.3) is 0 Å². The summed E-state index contributed by atoms with van der Waals surface area (Å²) in [6.07, 6.45) is 9.81. The first-order chi connectivity index (χ1) is 4.31. The maximum absolute atomic E-state index is 10.6. The first kappa shape index (κ1) is 8.62. The summed E-state index contributed by atoms with van der Waals surface area (Å²) in [6, 6.07) is 0. The van der Waals surface area contributed by atoms with Gasteiger partial charge in [-0.2, -0.15) is 0 Å². The zero-order valence-electron chi connectivity index (χ0n) is 4.79. The Morgan fingerprint density at radius 1 is 1.44 bits per heavy atom. The van der Waals surface area contributed by atoms with Crippen LogP contribution in [0.1, 0.15) is 0 Å². The summed E-state index contributed by atoms with van der Waals surface area (Å²) in [7, 11) is 0.213. The fraction of sp³-hybridized carbons (Fsp3) is 0.333. The van der Waals surface area contributed by atoms with E-state index in [9.17, 15) is 4.21 Å². The van der Waals surface area contributed by atoms with Gasteiger partial charge in [0, 0.05) is 0 Å². The molecule has 0 aliphatic heterocycles. The molecule has 0 heterocycles. The SMILES string of the molecule is C#CCSS(=O)CC#C. The molecule has 0 rings (SSSR count). The van der Waals surface area contributed by atoms with E-state index >= 15 is 0 Å². The van der Waals surface area contributed by atoms with Gasteiger partial charge in [0.15, 0.2) is 0 Å². The van der Waals surface area contributed by atoms with Crippen LogP contribution < -0.4 is 0 Å². The highest BCUT2D eigenvalue weighted by Gasteiger charge is 1.93. The van der Waals surface area contributed by atoms with Gasteiger partial charge in [-0.05, 0) is 10.8 Å².